The molecule has 0 radical (unpaired) electrons. The van der Waals surface area contributed by atoms with Crippen molar-refractivity contribution in [3.05, 3.63) is 41.5 Å². The van der Waals surface area contributed by atoms with E-state index >= 15 is 0 Å². The van der Waals surface area contributed by atoms with Gasteiger partial charge in [-0.2, -0.15) is 9.78 Å². The van der Waals surface area contributed by atoms with Gasteiger partial charge < -0.3 is 10.5 Å². The number of carbonyl (C=O) groups excluding carboxylic acids is 1. The summed E-state index contributed by atoms with van der Waals surface area (Å²) in [6, 6.07) is 3.51. The highest BCUT2D eigenvalue weighted by molar-refractivity contribution is 5.94. The first-order valence-corrected chi connectivity index (χ1v) is 8.79. The molecule has 1 aliphatic heterocycles. The maximum atomic E-state index is 12.9. The van der Waals surface area contributed by atoms with Crippen LogP contribution in [0.15, 0.2) is 34.3 Å². The van der Waals surface area contributed by atoms with E-state index in [9.17, 15) is 4.79 Å². The fraction of sp³-hybridized carbons (Fsp3) is 0.312. The first kappa shape index (κ1) is 18.6. The van der Waals surface area contributed by atoms with Crippen molar-refractivity contribution in [2.45, 2.75) is 6.54 Å². The van der Waals surface area contributed by atoms with Crippen molar-refractivity contribution in [1.82, 2.24) is 40.6 Å². The Morgan fingerprint density at radius 3 is 2.79 bits per heavy atom. The average Bonchev–Trinajstić information content (AvgIpc) is 3.35. The van der Waals surface area contributed by atoms with E-state index in [1.54, 1.807) is 24.5 Å². The van der Waals surface area contributed by atoms with E-state index in [1.807, 2.05) is 0 Å². The van der Waals surface area contributed by atoms with Crippen molar-refractivity contribution >= 4 is 17.9 Å². The van der Waals surface area contributed by atoms with Gasteiger partial charge >= 0.3 is 0 Å². The molecule has 1 amide bonds. The van der Waals surface area contributed by atoms with Crippen molar-refractivity contribution in [2.24, 2.45) is 5.10 Å². The molecule has 0 bridgehead atoms. The summed E-state index contributed by atoms with van der Waals surface area (Å²) in [4.78, 5) is 18.9. The van der Waals surface area contributed by atoms with Crippen molar-refractivity contribution in [2.75, 3.05) is 32.0 Å². The topological polar surface area (TPSA) is 162 Å². The van der Waals surface area contributed by atoms with E-state index in [0.717, 1.165) is 18.7 Å². The zero-order valence-electron chi connectivity index (χ0n) is 15.3. The van der Waals surface area contributed by atoms with E-state index < -0.39 is 5.91 Å². The number of nitrogens with zero attached hydrogens (tertiary/aromatic N) is 8. The molecule has 1 aliphatic rings. The lowest BCUT2D eigenvalue weighted by Gasteiger charge is -2.25. The molecule has 0 aromatic carbocycles. The number of ether oxygens (including phenoxy) is 1. The summed E-state index contributed by atoms with van der Waals surface area (Å²) < 4.78 is 11.2. The average molecular weight is 398 g/mol. The summed E-state index contributed by atoms with van der Waals surface area (Å²) >= 11 is 0. The van der Waals surface area contributed by atoms with Gasteiger partial charge in [0.05, 0.1) is 19.4 Å². The highest BCUT2D eigenvalue weighted by atomic mass is 16.6. The van der Waals surface area contributed by atoms with Crippen molar-refractivity contribution < 1.29 is 14.2 Å². The highest BCUT2D eigenvalue weighted by Gasteiger charge is 2.26. The molecule has 13 heteroatoms. The Morgan fingerprint density at radius 2 is 2.07 bits per heavy atom. The lowest BCUT2D eigenvalue weighted by Crippen LogP contribution is -2.36. The second-order valence-electron chi connectivity index (χ2n) is 6.14. The van der Waals surface area contributed by atoms with Gasteiger partial charge in [0.2, 0.25) is 11.6 Å². The Kier molecular flexibility index (Phi) is 5.49. The molecule has 0 saturated carbocycles. The van der Waals surface area contributed by atoms with Gasteiger partial charge in [-0.05, 0) is 28.0 Å². The minimum atomic E-state index is -0.522. The van der Waals surface area contributed by atoms with Gasteiger partial charge in [0.25, 0.3) is 5.91 Å². The van der Waals surface area contributed by atoms with E-state index in [2.05, 4.69) is 45.7 Å². The van der Waals surface area contributed by atoms with Crippen LogP contribution in [0.4, 0.5) is 5.82 Å². The first-order valence-electron chi connectivity index (χ1n) is 8.79. The largest absolute Gasteiger partial charge is 0.379 e. The number of hydrogen-bond donors (Lipinski definition) is 2. The smallest absolute Gasteiger partial charge is 0.292 e. The molecule has 1 fully saturated rings. The van der Waals surface area contributed by atoms with Crippen LogP contribution in [-0.4, -0.2) is 73.6 Å². The van der Waals surface area contributed by atoms with E-state index in [0.29, 0.717) is 25.5 Å². The molecule has 0 spiro atoms. The second kappa shape index (κ2) is 8.53. The number of rotatable bonds is 6. The number of morpholine rings is 1. The maximum Gasteiger partial charge on any atom is 0.292 e. The van der Waals surface area contributed by atoms with Crippen molar-refractivity contribution in [1.29, 1.82) is 0 Å². The van der Waals surface area contributed by atoms with E-state index in [4.69, 9.17) is 10.5 Å². The number of nitrogen functional groups attached to an aromatic ring is 1. The minimum absolute atomic E-state index is 0.0119. The molecule has 150 valence electrons. The lowest BCUT2D eigenvalue weighted by molar-refractivity contribution is 0.0335. The van der Waals surface area contributed by atoms with Crippen LogP contribution in [0, 0.1) is 0 Å². The number of nitrogens with one attached hydrogen (secondary N) is 1. The Labute approximate surface area is 164 Å². The van der Waals surface area contributed by atoms with Crippen LogP contribution in [0.5, 0.6) is 0 Å². The number of carbonyl (C=O) groups is 1. The van der Waals surface area contributed by atoms with Gasteiger partial charge in [-0.15, -0.1) is 5.10 Å². The summed E-state index contributed by atoms with van der Waals surface area (Å²) in [5.41, 5.74) is 9.62. The number of hydrogen-bond acceptors (Lipinski definition) is 11. The van der Waals surface area contributed by atoms with Crippen LogP contribution in [0.2, 0.25) is 0 Å². The maximum absolute atomic E-state index is 12.9. The van der Waals surface area contributed by atoms with Crippen LogP contribution < -0.4 is 11.2 Å². The van der Waals surface area contributed by atoms with Crippen molar-refractivity contribution in [3.63, 3.8) is 0 Å². The summed E-state index contributed by atoms with van der Waals surface area (Å²) in [6.07, 6.45) is 4.76. The Hall–Kier alpha value is -3.71. The van der Waals surface area contributed by atoms with Gasteiger partial charge in [-0.3, -0.25) is 14.7 Å². The van der Waals surface area contributed by atoms with E-state index in [-0.39, 0.29) is 17.3 Å². The lowest BCUT2D eigenvalue weighted by atomic mass is 10.2. The zero-order chi connectivity index (χ0) is 20.1. The van der Waals surface area contributed by atoms with Gasteiger partial charge in [0.15, 0.2) is 5.69 Å². The molecule has 3 N–H and O–H groups in total. The van der Waals surface area contributed by atoms with Crippen LogP contribution in [0.25, 0.3) is 5.82 Å². The third-order valence-corrected chi connectivity index (χ3v) is 4.21. The number of aromatic nitrogens is 6. The van der Waals surface area contributed by atoms with Crippen LogP contribution in [-0.2, 0) is 11.3 Å². The van der Waals surface area contributed by atoms with Gasteiger partial charge in [0.1, 0.15) is 5.69 Å². The Bertz CT molecular complexity index is 994. The fourth-order valence-corrected chi connectivity index (χ4v) is 2.77. The molecule has 0 atom stereocenters. The van der Waals surface area contributed by atoms with Crippen LogP contribution in [0.3, 0.4) is 0 Å². The van der Waals surface area contributed by atoms with Gasteiger partial charge in [0, 0.05) is 32.0 Å². The number of hydrazone groups is 1. The quantitative estimate of drug-likeness (QED) is 0.398. The molecule has 4 heterocycles. The Morgan fingerprint density at radius 1 is 1.28 bits per heavy atom. The molecule has 3 aromatic heterocycles. The number of nitrogens with two attached hydrogens (primary N) is 1. The van der Waals surface area contributed by atoms with Gasteiger partial charge in [-0.1, -0.05) is 5.21 Å². The third kappa shape index (κ3) is 4.25. The Balaban J connectivity index is 1.59. The number of pyridine rings is 1. The van der Waals surface area contributed by atoms with E-state index in [1.165, 1.54) is 10.9 Å². The summed E-state index contributed by atoms with van der Waals surface area (Å²) in [6.45, 7) is 3.09. The summed E-state index contributed by atoms with van der Waals surface area (Å²) in [5.74, 6) is -0.456. The van der Waals surface area contributed by atoms with Crippen LogP contribution in [0.1, 0.15) is 21.7 Å². The minimum Gasteiger partial charge on any atom is -0.379 e. The SMILES string of the molecule is Nc1nonc1-n1nnc(CN2CCOCC2)c1C(=O)N/N=C/c1ccncc1. The molecular weight excluding hydrogens is 380 g/mol. The normalized spacial score (nSPS) is 15.0. The first-order chi connectivity index (χ1) is 14.2. The molecule has 0 aliphatic carbocycles. The summed E-state index contributed by atoms with van der Waals surface area (Å²) in [7, 11) is 0. The van der Waals surface area contributed by atoms with Crippen LogP contribution >= 0.6 is 0 Å². The highest BCUT2D eigenvalue weighted by Crippen LogP contribution is 2.17. The standard InChI is InChI=1S/C16H18N10O3/c17-14-15(23-29-22-14)26-13(12(20-24-26)10-25-5-7-28-8-6-25)16(27)21-19-9-11-1-3-18-4-2-11/h1-4,9H,5-8,10H2,(H2,17,22)(H,21,27)/b19-9+. The molecule has 1 saturated heterocycles. The molecule has 29 heavy (non-hydrogen) atoms. The van der Waals surface area contributed by atoms with Gasteiger partial charge in [-0.25, -0.2) is 10.1 Å². The monoisotopic (exact) mass is 398 g/mol. The predicted octanol–water partition coefficient (Wildman–Crippen LogP) is -0.776. The molecule has 4 rings (SSSR count). The molecule has 3 aromatic rings. The second-order valence-corrected chi connectivity index (χ2v) is 6.14. The predicted molar refractivity (Wildman–Crippen MR) is 99.0 cm³/mol. The molecule has 13 nitrogen and oxygen atoms in total. The molecule has 0 unspecified atom stereocenters. The fourth-order valence-electron chi connectivity index (χ4n) is 2.77. The zero-order valence-corrected chi connectivity index (χ0v) is 15.3. The number of anilines is 1. The third-order valence-electron chi connectivity index (χ3n) is 4.21. The summed E-state index contributed by atoms with van der Waals surface area (Å²) in [5, 5.41) is 19.4. The molecular formula is C16H18N10O3. The van der Waals surface area contributed by atoms with Crippen molar-refractivity contribution in [3.8, 4) is 5.82 Å². The number of amides is 1.